The summed E-state index contributed by atoms with van der Waals surface area (Å²) in [7, 11) is 0. The van der Waals surface area contributed by atoms with Gasteiger partial charge in [-0.05, 0) is 67.4 Å². The van der Waals surface area contributed by atoms with Crippen molar-refractivity contribution in [3.05, 3.63) is 114 Å². The largest absolute Gasteiger partial charge is 0.386 e. The topological polar surface area (TPSA) is 35.5 Å². The van der Waals surface area contributed by atoms with Crippen molar-refractivity contribution in [3.8, 4) is 0 Å². The van der Waals surface area contributed by atoms with E-state index in [2.05, 4.69) is 111 Å². The number of benzene rings is 4. The first-order valence-corrected chi connectivity index (χ1v) is 12.9. The number of anilines is 5. The molecule has 0 saturated carbocycles. The first kappa shape index (κ1) is 25.5. The number of hydrogen-bond acceptors (Lipinski definition) is 3. The van der Waals surface area contributed by atoms with Crippen LogP contribution in [0.2, 0.25) is 0 Å². The summed E-state index contributed by atoms with van der Waals surface area (Å²) in [4.78, 5) is 2.35. The van der Waals surface area contributed by atoms with E-state index in [0.717, 1.165) is 22.6 Å². The van der Waals surface area contributed by atoms with Crippen molar-refractivity contribution in [3.63, 3.8) is 0 Å². The Labute approximate surface area is 216 Å². The summed E-state index contributed by atoms with van der Waals surface area (Å²) < 4.78 is 0. The molecule has 4 aromatic rings. The number of nitrogens with one attached hydrogen (secondary N) is 1. The van der Waals surface area contributed by atoms with E-state index in [1.165, 1.54) is 28.9 Å². The van der Waals surface area contributed by atoms with Gasteiger partial charge < -0.3 is 15.3 Å². The van der Waals surface area contributed by atoms with E-state index in [4.69, 9.17) is 0 Å². The van der Waals surface area contributed by atoms with Crippen LogP contribution in [0.15, 0.2) is 97.1 Å². The lowest BCUT2D eigenvalue weighted by atomic mass is 9.73. The molecule has 3 nitrogen and oxygen atoms in total. The minimum atomic E-state index is -0.930. The highest BCUT2D eigenvalue weighted by Crippen LogP contribution is 2.52. The number of fused-ring (bicyclic) bond motifs is 2. The zero-order valence-corrected chi connectivity index (χ0v) is 22.3. The van der Waals surface area contributed by atoms with Crippen LogP contribution < -0.4 is 10.2 Å². The van der Waals surface area contributed by atoms with Gasteiger partial charge in [-0.15, -0.1) is 0 Å². The summed E-state index contributed by atoms with van der Waals surface area (Å²) >= 11 is 0. The molecule has 36 heavy (non-hydrogen) atoms. The second-order valence-corrected chi connectivity index (χ2v) is 10.5. The maximum absolute atomic E-state index is 10.6. The highest BCUT2D eigenvalue weighted by molar-refractivity contribution is 5.87. The van der Waals surface area contributed by atoms with Gasteiger partial charge in [-0.1, -0.05) is 88.7 Å². The van der Waals surface area contributed by atoms with Crippen LogP contribution >= 0.6 is 0 Å². The van der Waals surface area contributed by atoms with Gasteiger partial charge in [0.1, 0.15) is 0 Å². The van der Waals surface area contributed by atoms with Gasteiger partial charge in [-0.2, -0.15) is 0 Å². The predicted molar refractivity (Wildman–Crippen MR) is 154 cm³/mol. The lowest BCUT2D eigenvalue weighted by Crippen LogP contribution is -2.30. The first-order valence-electron chi connectivity index (χ1n) is 12.9. The molecule has 2 N–H and O–H groups in total. The van der Waals surface area contributed by atoms with Crippen LogP contribution in [0, 0.1) is 0 Å². The molecule has 0 amide bonds. The van der Waals surface area contributed by atoms with E-state index in [-0.39, 0.29) is 5.41 Å². The van der Waals surface area contributed by atoms with Crippen LogP contribution in [-0.2, 0) is 11.0 Å². The average molecular weight is 479 g/mol. The predicted octanol–water partition coefficient (Wildman–Crippen LogP) is 9.18. The van der Waals surface area contributed by atoms with Crippen LogP contribution in [0.3, 0.4) is 0 Å². The third kappa shape index (κ3) is 4.89. The summed E-state index contributed by atoms with van der Waals surface area (Å²) in [5, 5.41) is 14.2. The quantitative estimate of drug-likeness (QED) is 0.307. The number of nitrogens with zero attached hydrogens (tertiary/aromatic N) is 1. The van der Waals surface area contributed by atoms with Gasteiger partial charge in [0, 0.05) is 28.0 Å². The monoisotopic (exact) mass is 478 g/mol. The Hall–Kier alpha value is -3.56. The normalized spacial score (nSPS) is 13.7. The molecule has 1 heterocycles. The second-order valence-electron chi connectivity index (χ2n) is 10.5. The molecule has 5 rings (SSSR count). The fraction of sp³-hybridized carbons (Fsp3) is 0.273. The van der Waals surface area contributed by atoms with E-state index < -0.39 is 5.60 Å². The lowest BCUT2D eigenvalue weighted by Gasteiger charge is -2.42. The van der Waals surface area contributed by atoms with Crippen molar-refractivity contribution in [2.45, 2.75) is 59.0 Å². The smallest absolute Gasteiger partial charge is 0.0860 e. The van der Waals surface area contributed by atoms with Crippen LogP contribution in [0.1, 0.15) is 64.7 Å². The van der Waals surface area contributed by atoms with E-state index in [1.807, 2.05) is 38.1 Å². The van der Waals surface area contributed by atoms with Crippen LogP contribution in [0.5, 0.6) is 0 Å². The summed E-state index contributed by atoms with van der Waals surface area (Å²) in [6, 6.07) is 33.7. The minimum absolute atomic E-state index is 0.162. The highest BCUT2D eigenvalue weighted by atomic mass is 16.3. The summed E-state index contributed by atoms with van der Waals surface area (Å²) in [5.41, 5.74) is 7.81. The van der Waals surface area contributed by atoms with E-state index in [0.29, 0.717) is 0 Å². The number of rotatable bonds is 4. The molecule has 186 valence electrons. The molecule has 0 aliphatic carbocycles. The Morgan fingerprint density at radius 1 is 0.750 bits per heavy atom. The molecular formula is C33H38N2O. The highest BCUT2D eigenvalue weighted by Gasteiger charge is 2.36. The first-order chi connectivity index (χ1) is 17.2. The average Bonchev–Trinajstić information content (AvgIpc) is 2.86. The molecule has 1 aliphatic heterocycles. The molecular weight excluding hydrogens is 440 g/mol. The molecule has 3 heteroatoms. The van der Waals surface area contributed by atoms with E-state index >= 15 is 0 Å². The molecule has 4 aromatic carbocycles. The van der Waals surface area contributed by atoms with Gasteiger partial charge in [0.15, 0.2) is 0 Å². The van der Waals surface area contributed by atoms with Crippen molar-refractivity contribution in [2.24, 2.45) is 0 Å². The van der Waals surface area contributed by atoms with Crippen molar-refractivity contribution in [1.29, 1.82) is 0 Å². The summed E-state index contributed by atoms with van der Waals surface area (Å²) in [5.74, 6) is 0. The van der Waals surface area contributed by atoms with E-state index in [1.54, 1.807) is 0 Å². The Bertz CT molecular complexity index is 1320. The molecule has 0 bridgehead atoms. The second kappa shape index (κ2) is 10.2. The van der Waals surface area contributed by atoms with Gasteiger partial charge in [-0.3, -0.25) is 0 Å². The Morgan fingerprint density at radius 2 is 1.33 bits per heavy atom. The third-order valence-electron chi connectivity index (χ3n) is 6.61. The van der Waals surface area contributed by atoms with Crippen LogP contribution in [0.25, 0.3) is 0 Å². The molecule has 0 fully saturated rings. The van der Waals surface area contributed by atoms with Crippen molar-refractivity contribution in [1.82, 2.24) is 0 Å². The number of aliphatic hydroxyl groups is 1. The fourth-order valence-electron chi connectivity index (χ4n) is 4.92. The SMILES string of the molecule is CC(C)(O)c1ccccc1Nc1ccc2c(c1)C(C)(C)c1ccccc1N2c1ccccc1.CCC. The Kier molecular flexibility index (Phi) is 7.23. The molecule has 1 aliphatic rings. The van der Waals surface area contributed by atoms with Crippen molar-refractivity contribution in [2.75, 3.05) is 10.2 Å². The maximum Gasteiger partial charge on any atom is 0.0860 e. The molecule has 0 saturated heterocycles. The van der Waals surface area contributed by atoms with Gasteiger partial charge in [-0.25, -0.2) is 0 Å². The van der Waals surface area contributed by atoms with Gasteiger partial charge in [0.25, 0.3) is 0 Å². The van der Waals surface area contributed by atoms with Crippen LogP contribution in [0.4, 0.5) is 28.4 Å². The van der Waals surface area contributed by atoms with Gasteiger partial charge in [0.2, 0.25) is 0 Å². The standard InChI is InChI=1S/C30H30N2O.C3H8/c1-29(2)24-15-9-11-17-27(24)32(22-12-6-5-7-13-22)28-19-18-21(20-25(28)29)31-26-16-10-8-14-23(26)30(3,4)33;1-3-2/h5-20,31,33H,1-4H3;3H2,1-2H3. The zero-order valence-electron chi connectivity index (χ0n) is 22.3. The molecule has 0 unspecified atom stereocenters. The Balaban J connectivity index is 0.000000967. The summed E-state index contributed by atoms with van der Waals surface area (Å²) in [6.07, 6.45) is 1.25. The third-order valence-corrected chi connectivity index (χ3v) is 6.61. The molecule has 0 radical (unpaired) electrons. The minimum Gasteiger partial charge on any atom is -0.386 e. The summed E-state index contributed by atoms with van der Waals surface area (Å²) in [6.45, 7) is 12.5. The molecule has 0 atom stereocenters. The van der Waals surface area contributed by atoms with Crippen LogP contribution in [-0.4, -0.2) is 5.11 Å². The Morgan fingerprint density at radius 3 is 2.03 bits per heavy atom. The molecule has 0 aromatic heterocycles. The maximum atomic E-state index is 10.6. The fourth-order valence-corrected chi connectivity index (χ4v) is 4.92. The van der Waals surface area contributed by atoms with Gasteiger partial charge >= 0.3 is 0 Å². The lowest BCUT2D eigenvalue weighted by molar-refractivity contribution is 0.0794. The van der Waals surface area contributed by atoms with Gasteiger partial charge in [0.05, 0.1) is 17.0 Å². The van der Waals surface area contributed by atoms with E-state index in [9.17, 15) is 5.11 Å². The number of para-hydroxylation sites is 3. The molecule has 0 spiro atoms. The number of hydrogen-bond donors (Lipinski definition) is 2. The zero-order chi connectivity index (χ0) is 25.9. The van der Waals surface area contributed by atoms with Crippen molar-refractivity contribution < 1.29 is 5.11 Å². The van der Waals surface area contributed by atoms with Crippen molar-refractivity contribution >= 4 is 28.4 Å².